The van der Waals surface area contributed by atoms with Crippen LogP contribution < -0.4 is 4.90 Å². The summed E-state index contributed by atoms with van der Waals surface area (Å²) >= 11 is 0. The second-order valence-corrected chi connectivity index (χ2v) is 7.12. The number of nitrogens with zero attached hydrogens (tertiary/aromatic N) is 3. The highest BCUT2D eigenvalue weighted by atomic mass is 16.5. The molecule has 0 aliphatic carbocycles. The van der Waals surface area contributed by atoms with E-state index in [0.29, 0.717) is 5.56 Å². The van der Waals surface area contributed by atoms with Crippen LogP contribution in [0.25, 0.3) is 21.8 Å². The van der Waals surface area contributed by atoms with Gasteiger partial charge in [-0.15, -0.1) is 0 Å². The van der Waals surface area contributed by atoms with Crippen molar-refractivity contribution in [1.29, 1.82) is 0 Å². The van der Waals surface area contributed by atoms with Crippen LogP contribution in [-0.4, -0.2) is 42.1 Å². The molecule has 3 heterocycles. The quantitative estimate of drug-likeness (QED) is 0.511. The first-order valence-corrected chi connectivity index (χ1v) is 9.57. The van der Waals surface area contributed by atoms with E-state index in [9.17, 15) is 4.79 Å². The van der Waals surface area contributed by atoms with E-state index in [1.807, 2.05) is 30.5 Å². The summed E-state index contributed by atoms with van der Waals surface area (Å²) in [6.45, 7) is 4.03. The number of carbonyl (C=O) groups excluding carboxylic acids is 1. The number of ether oxygens (including phenoxy) is 1. The van der Waals surface area contributed by atoms with E-state index in [1.165, 1.54) is 5.39 Å². The Morgan fingerprint density at radius 1 is 0.964 bits per heavy atom. The topological polar surface area (TPSA) is 47.4 Å². The molecule has 5 heteroatoms. The smallest absolute Gasteiger partial charge is 0.150 e. The van der Waals surface area contributed by atoms with Gasteiger partial charge in [0, 0.05) is 53.2 Å². The first kappa shape index (κ1) is 17.0. The van der Waals surface area contributed by atoms with E-state index in [2.05, 4.69) is 44.8 Å². The molecule has 2 aromatic heterocycles. The Bertz CT molecular complexity index is 1140. The van der Waals surface area contributed by atoms with Gasteiger partial charge in [-0.2, -0.15) is 0 Å². The molecular formula is C23H21N3O2. The molecule has 140 valence electrons. The highest BCUT2D eigenvalue weighted by molar-refractivity contribution is 6.09. The molecule has 0 N–H and O–H groups in total. The highest BCUT2D eigenvalue weighted by Gasteiger charge is 2.14. The molecule has 0 atom stereocenters. The van der Waals surface area contributed by atoms with E-state index < -0.39 is 0 Å². The number of fused-ring (bicyclic) bond motifs is 3. The molecule has 1 saturated heterocycles. The number of aldehydes is 1. The summed E-state index contributed by atoms with van der Waals surface area (Å²) in [6.07, 6.45) is 2.87. The van der Waals surface area contributed by atoms with E-state index in [1.54, 1.807) is 0 Å². The minimum atomic E-state index is 0.701. The maximum Gasteiger partial charge on any atom is 0.150 e. The largest absolute Gasteiger partial charge is 0.378 e. The zero-order valence-electron chi connectivity index (χ0n) is 15.5. The van der Waals surface area contributed by atoms with Crippen LogP contribution in [0.15, 0.2) is 60.8 Å². The number of para-hydroxylation sites is 1. The summed E-state index contributed by atoms with van der Waals surface area (Å²) in [5.74, 6) is 1.00. The van der Waals surface area contributed by atoms with Crippen LogP contribution in [-0.2, 0) is 11.3 Å². The third-order valence-corrected chi connectivity index (χ3v) is 5.42. The lowest BCUT2D eigenvalue weighted by Crippen LogP contribution is -2.36. The molecule has 0 amide bonds. The van der Waals surface area contributed by atoms with E-state index in [4.69, 9.17) is 4.74 Å². The van der Waals surface area contributed by atoms with Crippen LogP contribution in [0.2, 0.25) is 0 Å². The molecule has 28 heavy (non-hydrogen) atoms. The lowest BCUT2D eigenvalue weighted by Gasteiger charge is -2.27. The van der Waals surface area contributed by atoms with Gasteiger partial charge in [0.2, 0.25) is 0 Å². The summed E-state index contributed by atoms with van der Waals surface area (Å²) < 4.78 is 7.72. The van der Waals surface area contributed by atoms with Crippen LogP contribution >= 0.6 is 0 Å². The lowest BCUT2D eigenvalue weighted by molar-refractivity contribution is 0.112. The van der Waals surface area contributed by atoms with Gasteiger partial charge >= 0.3 is 0 Å². The number of hydrogen-bond acceptors (Lipinski definition) is 4. The van der Waals surface area contributed by atoms with Gasteiger partial charge in [-0.3, -0.25) is 4.79 Å². The van der Waals surface area contributed by atoms with Gasteiger partial charge in [-0.25, -0.2) is 4.98 Å². The molecule has 0 bridgehead atoms. The summed E-state index contributed by atoms with van der Waals surface area (Å²) in [5.41, 5.74) is 4.15. The van der Waals surface area contributed by atoms with Crippen molar-refractivity contribution in [2.45, 2.75) is 6.54 Å². The number of anilines is 1. The zero-order chi connectivity index (χ0) is 18.9. The number of pyridine rings is 1. The summed E-state index contributed by atoms with van der Waals surface area (Å²) in [7, 11) is 0. The van der Waals surface area contributed by atoms with Crippen LogP contribution in [0.1, 0.15) is 15.9 Å². The fraction of sp³-hybridized carbons (Fsp3) is 0.217. The second-order valence-electron chi connectivity index (χ2n) is 7.12. The predicted molar refractivity (Wildman–Crippen MR) is 111 cm³/mol. The molecule has 1 fully saturated rings. The fourth-order valence-electron chi connectivity index (χ4n) is 3.99. The number of aromatic nitrogens is 2. The van der Waals surface area contributed by atoms with Crippen molar-refractivity contribution < 1.29 is 9.53 Å². The van der Waals surface area contributed by atoms with Crippen LogP contribution in [0.4, 0.5) is 5.82 Å². The molecule has 0 spiro atoms. The lowest BCUT2D eigenvalue weighted by atomic mass is 10.1. The first-order chi connectivity index (χ1) is 13.8. The maximum atomic E-state index is 11.2. The third kappa shape index (κ3) is 2.94. The first-order valence-electron chi connectivity index (χ1n) is 9.57. The van der Waals surface area contributed by atoms with Gasteiger partial charge in [0.1, 0.15) is 12.1 Å². The molecule has 5 nitrogen and oxygen atoms in total. The highest BCUT2D eigenvalue weighted by Crippen LogP contribution is 2.30. The van der Waals surface area contributed by atoms with Crippen molar-refractivity contribution >= 4 is 33.9 Å². The monoisotopic (exact) mass is 371 g/mol. The molecule has 0 saturated carbocycles. The average Bonchev–Trinajstić information content (AvgIpc) is 3.08. The van der Waals surface area contributed by atoms with Crippen molar-refractivity contribution in [3.05, 3.63) is 71.9 Å². The standard InChI is InChI=1S/C23H21N3O2/c27-16-17-5-7-22-20(13-17)19-3-1-2-4-21(19)26(22)15-18-6-8-23(24-14-18)25-9-11-28-12-10-25/h1-8,13-14,16H,9-12,15H2. The second kappa shape index (κ2) is 7.09. The van der Waals surface area contributed by atoms with E-state index >= 15 is 0 Å². The number of morpholine rings is 1. The summed E-state index contributed by atoms with van der Waals surface area (Å²) in [5, 5.41) is 2.28. The summed E-state index contributed by atoms with van der Waals surface area (Å²) in [6, 6.07) is 18.5. The Kier molecular flexibility index (Phi) is 4.29. The SMILES string of the molecule is O=Cc1ccc2c(c1)c1ccccc1n2Cc1ccc(N2CCOCC2)nc1. The molecule has 1 aliphatic heterocycles. The Hall–Kier alpha value is -3.18. The van der Waals surface area contributed by atoms with Gasteiger partial charge in [0.25, 0.3) is 0 Å². The van der Waals surface area contributed by atoms with Crippen molar-refractivity contribution in [3.8, 4) is 0 Å². The maximum absolute atomic E-state index is 11.2. The van der Waals surface area contributed by atoms with Gasteiger partial charge in [0.05, 0.1) is 13.2 Å². The van der Waals surface area contributed by atoms with Gasteiger partial charge < -0.3 is 14.2 Å². The van der Waals surface area contributed by atoms with Crippen LogP contribution in [0.5, 0.6) is 0 Å². The Morgan fingerprint density at radius 2 is 1.79 bits per heavy atom. The fourth-order valence-corrected chi connectivity index (χ4v) is 3.99. The third-order valence-electron chi connectivity index (χ3n) is 5.42. The number of benzene rings is 2. The van der Waals surface area contributed by atoms with E-state index in [0.717, 1.165) is 66.9 Å². The average molecular weight is 371 g/mol. The number of hydrogen-bond donors (Lipinski definition) is 0. The molecule has 0 unspecified atom stereocenters. The van der Waals surface area contributed by atoms with Crippen molar-refractivity contribution in [1.82, 2.24) is 9.55 Å². The molecule has 1 aliphatic rings. The number of carbonyl (C=O) groups is 1. The van der Waals surface area contributed by atoms with Crippen LogP contribution in [0.3, 0.4) is 0 Å². The molecule has 5 rings (SSSR count). The molecular weight excluding hydrogens is 350 g/mol. The van der Waals surface area contributed by atoms with Crippen LogP contribution in [0, 0.1) is 0 Å². The Labute approximate surface area is 163 Å². The molecule has 4 aromatic rings. The summed E-state index contributed by atoms with van der Waals surface area (Å²) in [4.78, 5) is 18.2. The Balaban J connectivity index is 1.53. The Morgan fingerprint density at radius 3 is 2.57 bits per heavy atom. The predicted octanol–water partition coefficient (Wildman–Crippen LogP) is 3.89. The zero-order valence-corrected chi connectivity index (χ0v) is 15.5. The van der Waals surface area contributed by atoms with Gasteiger partial charge in [0.15, 0.2) is 0 Å². The van der Waals surface area contributed by atoms with Gasteiger partial charge in [-0.05, 0) is 35.9 Å². The normalized spacial score (nSPS) is 14.6. The van der Waals surface area contributed by atoms with Crippen molar-refractivity contribution in [2.75, 3.05) is 31.2 Å². The van der Waals surface area contributed by atoms with Crippen molar-refractivity contribution in [2.24, 2.45) is 0 Å². The minimum absolute atomic E-state index is 0.701. The van der Waals surface area contributed by atoms with Crippen molar-refractivity contribution in [3.63, 3.8) is 0 Å². The molecule has 0 radical (unpaired) electrons. The van der Waals surface area contributed by atoms with E-state index in [-0.39, 0.29) is 0 Å². The minimum Gasteiger partial charge on any atom is -0.378 e. The number of rotatable bonds is 4. The van der Waals surface area contributed by atoms with Gasteiger partial charge in [-0.1, -0.05) is 24.3 Å². The molecule has 2 aromatic carbocycles.